The minimum Gasteiger partial charge on any atom is -0.476 e. The Kier molecular flexibility index (Phi) is 2.28. The topological polar surface area (TPSA) is 86.3 Å². The molecule has 0 saturated carbocycles. The van der Waals surface area contributed by atoms with E-state index < -0.39 is 11.7 Å². The summed E-state index contributed by atoms with van der Waals surface area (Å²) in [7, 11) is 1.92. The molecule has 0 spiro atoms. The molecular formula is C9H11N3O3. The van der Waals surface area contributed by atoms with Crippen LogP contribution >= 0.6 is 0 Å². The molecule has 2 rings (SSSR count). The highest BCUT2D eigenvalue weighted by atomic mass is 16.4. The number of hydrogen-bond donors (Lipinski definition) is 2. The third kappa shape index (κ3) is 1.75. The molecule has 0 aliphatic carbocycles. The zero-order valence-corrected chi connectivity index (χ0v) is 8.28. The lowest BCUT2D eigenvalue weighted by atomic mass is 10.0. The van der Waals surface area contributed by atoms with Crippen molar-refractivity contribution in [3.8, 4) is 0 Å². The molecule has 0 fully saturated rings. The highest BCUT2D eigenvalue weighted by molar-refractivity contribution is 5.87. The summed E-state index contributed by atoms with van der Waals surface area (Å²) in [5.74, 6) is -1.14. The lowest BCUT2D eigenvalue weighted by Gasteiger charge is -2.24. The molecule has 0 atom stereocenters. The number of H-pyrrole nitrogens is 1. The zero-order chi connectivity index (χ0) is 11.0. The van der Waals surface area contributed by atoms with E-state index in [4.69, 9.17) is 5.11 Å². The number of aromatic nitrogens is 2. The number of likely N-dealkylation sites (N-methyl/N-ethyl adjacent to an activating group) is 1. The van der Waals surface area contributed by atoms with Gasteiger partial charge < -0.3 is 15.0 Å². The Morgan fingerprint density at radius 1 is 1.60 bits per heavy atom. The number of carbonyl (C=O) groups is 1. The SMILES string of the molecule is CN1CCc2c(C(=O)O)nc(=O)[nH]c2C1. The largest absolute Gasteiger partial charge is 0.476 e. The van der Waals surface area contributed by atoms with Gasteiger partial charge in [0.05, 0.1) is 0 Å². The van der Waals surface area contributed by atoms with Gasteiger partial charge in [0.15, 0.2) is 5.69 Å². The molecule has 1 aliphatic heterocycles. The Labute approximate surface area is 85.6 Å². The van der Waals surface area contributed by atoms with Crippen molar-refractivity contribution in [3.63, 3.8) is 0 Å². The van der Waals surface area contributed by atoms with E-state index in [-0.39, 0.29) is 5.69 Å². The van der Waals surface area contributed by atoms with Gasteiger partial charge in [-0.15, -0.1) is 0 Å². The molecule has 1 aliphatic rings. The number of aromatic carboxylic acids is 1. The third-order valence-electron chi connectivity index (χ3n) is 2.50. The van der Waals surface area contributed by atoms with Crippen LogP contribution in [0.5, 0.6) is 0 Å². The highest BCUT2D eigenvalue weighted by Gasteiger charge is 2.22. The number of nitrogens with one attached hydrogen (secondary N) is 1. The van der Waals surface area contributed by atoms with Crippen LogP contribution in [0.1, 0.15) is 21.7 Å². The van der Waals surface area contributed by atoms with Gasteiger partial charge in [0.1, 0.15) is 0 Å². The van der Waals surface area contributed by atoms with Crippen LogP contribution in [0.3, 0.4) is 0 Å². The quantitative estimate of drug-likeness (QED) is 0.648. The van der Waals surface area contributed by atoms with Crippen molar-refractivity contribution in [2.24, 2.45) is 0 Å². The van der Waals surface area contributed by atoms with Crippen LogP contribution in [0, 0.1) is 0 Å². The number of rotatable bonds is 1. The molecule has 2 N–H and O–H groups in total. The predicted octanol–water partition coefficient (Wildman–Crippen LogP) is -0.544. The predicted molar refractivity (Wildman–Crippen MR) is 51.9 cm³/mol. The Morgan fingerprint density at radius 2 is 2.33 bits per heavy atom. The standard InChI is InChI=1S/C9H11N3O3/c1-12-3-2-5-6(4-12)10-9(15)11-7(5)8(13)14/h2-4H2,1H3,(H,13,14)(H,10,11,15). The van der Waals surface area contributed by atoms with Gasteiger partial charge in [0, 0.05) is 24.3 Å². The molecule has 0 radical (unpaired) electrons. The Hall–Kier alpha value is -1.69. The number of carboxylic acids is 1. The molecule has 1 aromatic heterocycles. The molecule has 0 amide bonds. The molecule has 6 heteroatoms. The van der Waals surface area contributed by atoms with Crippen molar-refractivity contribution < 1.29 is 9.90 Å². The van der Waals surface area contributed by atoms with E-state index >= 15 is 0 Å². The average molecular weight is 209 g/mol. The number of hydrogen-bond acceptors (Lipinski definition) is 4. The Balaban J connectivity index is 2.59. The molecule has 0 unspecified atom stereocenters. The molecule has 6 nitrogen and oxygen atoms in total. The second-order valence-corrected chi connectivity index (χ2v) is 3.64. The molecule has 0 saturated heterocycles. The summed E-state index contributed by atoms with van der Waals surface area (Å²) in [6.45, 7) is 1.34. The first-order chi connectivity index (χ1) is 7.08. The normalized spacial score (nSPS) is 16.1. The van der Waals surface area contributed by atoms with Gasteiger partial charge in [0.25, 0.3) is 0 Å². The van der Waals surface area contributed by atoms with Crippen molar-refractivity contribution >= 4 is 5.97 Å². The molecular weight excluding hydrogens is 198 g/mol. The first kappa shape index (κ1) is 9.85. The summed E-state index contributed by atoms with van der Waals surface area (Å²) >= 11 is 0. The Bertz CT molecular complexity index is 466. The van der Waals surface area contributed by atoms with E-state index in [9.17, 15) is 9.59 Å². The van der Waals surface area contributed by atoms with Crippen LogP contribution in [-0.4, -0.2) is 39.5 Å². The average Bonchev–Trinajstić information content (AvgIpc) is 2.15. The summed E-state index contributed by atoms with van der Waals surface area (Å²) < 4.78 is 0. The molecule has 15 heavy (non-hydrogen) atoms. The summed E-state index contributed by atoms with van der Waals surface area (Å²) in [5, 5.41) is 8.90. The maximum atomic E-state index is 11.1. The second-order valence-electron chi connectivity index (χ2n) is 3.64. The number of fused-ring (bicyclic) bond motifs is 1. The van der Waals surface area contributed by atoms with Crippen LogP contribution in [-0.2, 0) is 13.0 Å². The first-order valence-corrected chi connectivity index (χ1v) is 4.62. The minimum absolute atomic E-state index is 0.109. The maximum absolute atomic E-state index is 11.1. The number of nitrogens with zero attached hydrogens (tertiary/aromatic N) is 2. The highest BCUT2D eigenvalue weighted by Crippen LogP contribution is 2.16. The van der Waals surface area contributed by atoms with Crippen LogP contribution in [0.25, 0.3) is 0 Å². The fourth-order valence-electron chi connectivity index (χ4n) is 1.78. The Morgan fingerprint density at radius 3 is 3.00 bits per heavy atom. The van der Waals surface area contributed by atoms with Gasteiger partial charge in [0.2, 0.25) is 0 Å². The molecule has 80 valence electrons. The molecule has 0 bridgehead atoms. The minimum atomic E-state index is -1.14. The zero-order valence-electron chi connectivity index (χ0n) is 8.28. The summed E-state index contributed by atoms with van der Waals surface area (Å²) in [5.41, 5.74) is 0.615. The van der Waals surface area contributed by atoms with Crippen molar-refractivity contribution in [1.82, 2.24) is 14.9 Å². The maximum Gasteiger partial charge on any atom is 0.355 e. The van der Waals surface area contributed by atoms with Gasteiger partial charge in [-0.25, -0.2) is 9.59 Å². The monoisotopic (exact) mass is 209 g/mol. The van der Waals surface area contributed by atoms with Crippen molar-refractivity contribution in [1.29, 1.82) is 0 Å². The third-order valence-corrected chi connectivity index (χ3v) is 2.50. The smallest absolute Gasteiger partial charge is 0.355 e. The summed E-state index contributed by atoms with van der Waals surface area (Å²) in [4.78, 5) is 30.1. The number of aromatic amines is 1. The van der Waals surface area contributed by atoms with Crippen molar-refractivity contribution in [2.75, 3.05) is 13.6 Å². The lowest BCUT2D eigenvalue weighted by Crippen LogP contribution is -2.32. The fourth-order valence-corrected chi connectivity index (χ4v) is 1.78. The van der Waals surface area contributed by atoms with Crippen molar-refractivity contribution in [3.05, 3.63) is 27.4 Å². The van der Waals surface area contributed by atoms with Crippen LogP contribution in [0.2, 0.25) is 0 Å². The van der Waals surface area contributed by atoms with E-state index in [0.717, 1.165) is 6.54 Å². The van der Waals surface area contributed by atoms with E-state index in [1.807, 2.05) is 11.9 Å². The van der Waals surface area contributed by atoms with Crippen LogP contribution < -0.4 is 5.69 Å². The fraction of sp³-hybridized carbons (Fsp3) is 0.444. The van der Waals surface area contributed by atoms with Crippen LogP contribution in [0.4, 0.5) is 0 Å². The molecule has 1 aromatic rings. The van der Waals surface area contributed by atoms with Gasteiger partial charge >= 0.3 is 11.7 Å². The lowest BCUT2D eigenvalue weighted by molar-refractivity contribution is 0.0687. The molecule has 0 aromatic carbocycles. The number of carboxylic acid groups (broad SMARTS) is 1. The van der Waals surface area contributed by atoms with E-state index in [0.29, 0.717) is 24.2 Å². The van der Waals surface area contributed by atoms with E-state index in [1.165, 1.54) is 0 Å². The van der Waals surface area contributed by atoms with Gasteiger partial charge in [-0.3, -0.25) is 0 Å². The van der Waals surface area contributed by atoms with Gasteiger partial charge in [-0.05, 0) is 13.5 Å². The van der Waals surface area contributed by atoms with E-state index in [2.05, 4.69) is 9.97 Å². The van der Waals surface area contributed by atoms with Gasteiger partial charge in [-0.2, -0.15) is 4.98 Å². The first-order valence-electron chi connectivity index (χ1n) is 4.62. The van der Waals surface area contributed by atoms with Gasteiger partial charge in [-0.1, -0.05) is 0 Å². The molecule has 2 heterocycles. The van der Waals surface area contributed by atoms with E-state index in [1.54, 1.807) is 0 Å². The van der Waals surface area contributed by atoms with Crippen molar-refractivity contribution in [2.45, 2.75) is 13.0 Å². The van der Waals surface area contributed by atoms with Crippen LogP contribution in [0.15, 0.2) is 4.79 Å². The second kappa shape index (κ2) is 3.47. The summed E-state index contributed by atoms with van der Waals surface area (Å²) in [6.07, 6.45) is 0.608. The summed E-state index contributed by atoms with van der Waals surface area (Å²) in [6, 6.07) is 0.